The summed E-state index contributed by atoms with van der Waals surface area (Å²) >= 11 is 0. The van der Waals surface area contributed by atoms with E-state index in [1.165, 1.54) is 87.9 Å². The highest BCUT2D eigenvalue weighted by Gasteiger charge is 2.35. The van der Waals surface area contributed by atoms with Crippen LogP contribution in [-0.4, -0.2) is 4.57 Å². The summed E-state index contributed by atoms with van der Waals surface area (Å²) in [5.74, 6) is 0. The highest BCUT2D eigenvalue weighted by atomic mass is 15.1. The Morgan fingerprint density at radius 3 is 1.71 bits per heavy atom. The number of nitrogens with zero attached hydrogens (tertiary/aromatic N) is 2. The van der Waals surface area contributed by atoms with Gasteiger partial charge in [-0.2, -0.15) is 0 Å². The molecule has 2 nitrogen and oxygen atoms in total. The highest BCUT2D eigenvalue weighted by molar-refractivity contribution is 6.18. The lowest BCUT2D eigenvalue weighted by Gasteiger charge is -2.28. The predicted octanol–water partition coefficient (Wildman–Crippen LogP) is 13.5. The molecule has 11 rings (SSSR count). The summed E-state index contributed by atoms with van der Waals surface area (Å²) in [6.07, 6.45) is 7.04. The molecule has 8 aromatic carbocycles. The summed E-state index contributed by atoms with van der Waals surface area (Å²) in [6, 6.07) is 64.9. The minimum atomic E-state index is -0.103. The summed E-state index contributed by atoms with van der Waals surface area (Å²) in [6.45, 7) is 4.72. The van der Waals surface area contributed by atoms with Crippen LogP contribution in [0.4, 0.5) is 17.1 Å². The van der Waals surface area contributed by atoms with Crippen molar-refractivity contribution < 1.29 is 0 Å². The third kappa shape index (κ3) is 5.25. The standard InChI is InChI=1S/C56H44N2/c1-56(2)50-25-15-14-22-46(50)47-35-34-43(36-51(47)56)58(41-30-26-38(27-31-41)37-16-6-4-7-17-37)42-32-28-39(29-33-42)52-53-48-23-12-10-20-44(48)45-21-11-13-24-49(45)55(53)57(3)54(52)40-18-8-5-9-19-40/h4-10,12,14-36H,11,13H2,1-3H3. The summed E-state index contributed by atoms with van der Waals surface area (Å²) in [5.41, 5.74) is 17.4. The normalized spacial score (nSPS) is 13.7. The molecule has 0 atom stereocenters. The number of hydrogen-bond donors (Lipinski definition) is 0. The van der Waals surface area contributed by atoms with Crippen LogP contribution in [0.25, 0.3) is 78.5 Å². The lowest BCUT2D eigenvalue weighted by atomic mass is 9.82. The molecule has 2 heteroatoms. The van der Waals surface area contributed by atoms with Crippen LogP contribution in [0.15, 0.2) is 176 Å². The largest absolute Gasteiger partial charge is 0.343 e. The van der Waals surface area contributed by atoms with E-state index in [1.54, 1.807) is 0 Å². The monoisotopic (exact) mass is 744 g/mol. The maximum absolute atomic E-state index is 2.46. The van der Waals surface area contributed by atoms with E-state index in [9.17, 15) is 0 Å². The molecule has 1 aromatic heterocycles. The Morgan fingerprint density at radius 2 is 1.00 bits per heavy atom. The first-order valence-corrected chi connectivity index (χ1v) is 20.6. The Labute approximate surface area is 340 Å². The van der Waals surface area contributed by atoms with Gasteiger partial charge in [0.25, 0.3) is 0 Å². The third-order valence-electron chi connectivity index (χ3n) is 12.8. The molecule has 0 spiro atoms. The van der Waals surface area contributed by atoms with E-state index in [4.69, 9.17) is 0 Å². The molecule has 0 unspecified atom stereocenters. The van der Waals surface area contributed by atoms with Crippen molar-refractivity contribution in [3.8, 4) is 44.6 Å². The van der Waals surface area contributed by atoms with Crippen LogP contribution in [-0.2, 0) is 12.5 Å². The van der Waals surface area contributed by atoms with Gasteiger partial charge in [0.2, 0.25) is 0 Å². The van der Waals surface area contributed by atoms with Gasteiger partial charge < -0.3 is 9.47 Å². The summed E-state index contributed by atoms with van der Waals surface area (Å²) < 4.78 is 2.46. The van der Waals surface area contributed by atoms with E-state index in [-0.39, 0.29) is 5.41 Å². The Balaban J connectivity index is 1.11. The molecule has 0 radical (unpaired) electrons. The fourth-order valence-corrected chi connectivity index (χ4v) is 10.1. The number of fused-ring (bicyclic) bond motifs is 9. The van der Waals surface area contributed by atoms with Gasteiger partial charge in [0.1, 0.15) is 0 Å². The van der Waals surface area contributed by atoms with Crippen molar-refractivity contribution in [2.75, 3.05) is 4.90 Å². The van der Waals surface area contributed by atoms with Crippen LogP contribution in [0.3, 0.4) is 0 Å². The fraction of sp³-hybridized carbons (Fsp3) is 0.107. The van der Waals surface area contributed by atoms with Crippen LogP contribution in [0.5, 0.6) is 0 Å². The highest BCUT2D eigenvalue weighted by Crippen LogP contribution is 2.51. The predicted molar refractivity (Wildman–Crippen MR) is 246 cm³/mol. The maximum atomic E-state index is 2.46. The Bertz CT molecular complexity index is 3170. The van der Waals surface area contributed by atoms with E-state index in [2.05, 4.69) is 218 Å². The number of aromatic nitrogens is 1. The van der Waals surface area contributed by atoms with E-state index < -0.39 is 0 Å². The second kappa shape index (κ2) is 13.4. The molecular weight excluding hydrogens is 701 g/mol. The molecular formula is C56H44N2. The molecule has 0 aliphatic heterocycles. The van der Waals surface area contributed by atoms with Crippen molar-refractivity contribution in [3.63, 3.8) is 0 Å². The van der Waals surface area contributed by atoms with Gasteiger partial charge in [-0.25, -0.2) is 0 Å². The SMILES string of the molecule is Cn1c(-c2ccccc2)c(-c2ccc(N(c3ccc(-c4ccccc4)cc3)c3ccc4c(c3)C(C)(C)c3ccccc3-4)cc2)c2c3ccccc3c3c(c21)=CCCC=3. The van der Waals surface area contributed by atoms with E-state index >= 15 is 0 Å². The summed E-state index contributed by atoms with van der Waals surface area (Å²) in [4.78, 5) is 2.43. The molecule has 0 amide bonds. The number of rotatable bonds is 6. The Hall–Kier alpha value is -6.90. The number of aryl methyl sites for hydroxylation is 1. The van der Waals surface area contributed by atoms with Gasteiger partial charge in [-0.05, 0) is 110 Å². The van der Waals surface area contributed by atoms with Crippen LogP contribution in [0, 0.1) is 0 Å². The lowest BCUT2D eigenvalue weighted by Crippen LogP contribution is -2.29. The molecule has 2 aliphatic carbocycles. The molecule has 278 valence electrons. The Kier molecular flexibility index (Phi) is 7.91. The second-order valence-corrected chi connectivity index (χ2v) is 16.4. The molecule has 9 aromatic rings. The van der Waals surface area contributed by atoms with Crippen molar-refractivity contribution in [2.45, 2.75) is 32.1 Å². The van der Waals surface area contributed by atoms with Crippen molar-refractivity contribution >= 4 is 50.9 Å². The molecule has 0 fully saturated rings. The maximum Gasteiger partial charge on any atom is 0.0571 e. The van der Waals surface area contributed by atoms with Gasteiger partial charge in [0.05, 0.1) is 11.2 Å². The Morgan fingerprint density at radius 1 is 0.466 bits per heavy atom. The van der Waals surface area contributed by atoms with E-state index in [1.807, 2.05) is 0 Å². The fourth-order valence-electron chi connectivity index (χ4n) is 10.1. The second-order valence-electron chi connectivity index (χ2n) is 16.4. The van der Waals surface area contributed by atoms with Crippen LogP contribution in [0.2, 0.25) is 0 Å². The number of anilines is 3. The average Bonchev–Trinajstić information content (AvgIpc) is 3.72. The average molecular weight is 745 g/mol. The zero-order valence-electron chi connectivity index (χ0n) is 33.2. The summed E-state index contributed by atoms with van der Waals surface area (Å²) in [7, 11) is 2.26. The molecule has 58 heavy (non-hydrogen) atoms. The zero-order valence-corrected chi connectivity index (χ0v) is 33.2. The van der Waals surface area contributed by atoms with Gasteiger partial charge in [-0.1, -0.05) is 166 Å². The summed E-state index contributed by atoms with van der Waals surface area (Å²) in [5, 5.41) is 6.68. The first-order chi connectivity index (χ1) is 28.5. The van der Waals surface area contributed by atoms with Crippen molar-refractivity contribution in [2.24, 2.45) is 7.05 Å². The minimum absolute atomic E-state index is 0.103. The van der Waals surface area contributed by atoms with Gasteiger partial charge in [-0.15, -0.1) is 0 Å². The van der Waals surface area contributed by atoms with Gasteiger partial charge in [0.15, 0.2) is 0 Å². The van der Waals surface area contributed by atoms with Crippen molar-refractivity contribution in [1.82, 2.24) is 4.57 Å². The van der Waals surface area contributed by atoms with Gasteiger partial charge >= 0.3 is 0 Å². The first kappa shape index (κ1) is 34.4. The van der Waals surface area contributed by atoms with Gasteiger partial charge in [-0.3, -0.25) is 0 Å². The van der Waals surface area contributed by atoms with Crippen LogP contribution < -0.4 is 15.3 Å². The van der Waals surface area contributed by atoms with E-state index in [0.29, 0.717) is 0 Å². The topological polar surface area (TPSA) is 8.17 Å². The van der Waals surface area contributed by atoms with Crippen LogP contribution in [0.1, 0.15) is 37.8 Å². The van der Waals surface area contributed by atoms with E-state index in [0.717, 1.165) is 29.9 Å². The molecule has 1 heterocycles. The lowest BCUT2D eigenvalue weighted by molar-refractivity contribution is 0.660. The van der Waals surface area contributed by atoms with Crippen LogP contribution >= 0.6 is 0 Å². The quantitative estimate of drug-likeness (QED) is 0.165. The molecule has 2 aliphatic rings. The zero-order chi connectivity index (χ0) is 39.0. The third-order valence-corrected chi connectivity index (χ3v) is 12.8. The number of hydrogen-bond acceptors (Lipinski definition) is 1. The molecule has 0 bridgehead atoms. The molecule has 0 saturated carbocycles. The molecule has 0 saturated heterocycles. The van der Waals surface area contributed by atoms with Crippen molar-refractivity contribution in [3.05, 3.63) is 197 Å². The smallest absolute Gasteiger partial charge is 0.0571 e. The molecule has 0 N–H and O–H groups in total. The first-order valence-electron chi connectivity index (χ1n) is 20.6. The number of benzene rings is 8. The van der Waals surface area contributed by atoms with Gasteiger partial charge in [0, 0.05) is 45.7 Å². The minimum Gasteiger partial charge on any atom is -0.343 e. The van der Waals surface area contributed by atoms with Crippen molar-refractivity contribution in [1.29, 1.82) is 0 Å².